The summed E-state index contributed by atoms with van der Waals surface area (Å²) in [5.41, 5.74) is 1.32. The molecular weight excluding hydrogens is 242 g/mol. The molecule has 96 valence electrons. The summed E-state index contributed by atoms with van der Waals surface area (Å²) in [6.45, 7) is 2.29. The van der Waals surface area contributed by atoms with Gasteiger partial charge in [-0.1, -0.05) is 0 Å². The maximum Gasteiger partial charge on any atom is 0.256 e. The van der Waals surface area contributed by atoms with Crippen molar-refractivity contribution < 1.29 is 4.79 Å². The molecule has 0 bridgehead atoms. The number of hydrogen-bond acceptors (Lipinski definition) is 4. The fraction of sp³-hybridized carbons (Fsp3) is 0.231. The fourth-order valence-corrected chi connectivity index (χ4v) is 1.66. The van der Waals surface area contributed by atoms with Gasteiger partial charge in [0.05, 0.1) is 24.7 Å². The van der Waals surface area contributed by atoms with E-state index >= 15 is 0 Å². The summed E-state index contributed by atoms with van der Waals surface area (Å²) >= 11 is 0. The maximum atomic E-state index is 12.0. The lowest BCUT2D eigenvalue weighted by Gasteiger charge is -2.07. The molecule has 1 amide bonds. The Bertz CT molecular complexity index is 612. The molecule has 0 aliphatic rings. The lowest BCUT2D eigenvalue weighted by molar-refractivity contribution is 0.102. The van der Waals surface area contributed by atoms with Gasteiger partial charge in [0.25, 0.3) is 5.91 Å². The number of aryl methyl sites for hydroxylation is 2. The van der Waals surface area contributed by atoms with Crippen molar-refractivity contribution in [2.45, 2.75) is 19.9 Å². The summed E-state index contributed by atoms with van der Waals surface area (Å²) in [4.78, 5) is 15.9. The van der Waals surface area contributed by atoms with Gasteiger partial charge in [-0.15, -0.1) is 0 Å². The summed E-state index contributed by atoms with van der Waals surface area (Å²) in [5, 5.41) is 15.6. The van der Waals surface area contributed by atoms with Gasteiger partial charge in [0.15, 0.2) is 0 Å². The van der Waals surface area contributed by atoms with Crippen LogP contribution in [-0.4, -0.2) is 20.7 Å². The van der Waals surface area contributed by atoms with E-state index < -0.39 is 0 Å². The highest BCUT2D eigenvalue weighted by Gasteiger charge is 2.10. The van der Waals surface area contributed by atoms with E-state index in [1.807, 2.05) is 6.92 Å². The Labute approximate surface area is 110 Å². The van der Waals surface area contributed by atoms with E-state index in [1.54, 1.807) is 35.3 Å². The van der Waals surface area contributed by atoms with Gasteiger partial charge in [-0.2, -0.15) is 10.4 Å². The summed E-state index contributed by atoms with van der Waals surface area (Å²) in [5.74, 6) is 0.370. The van der Waals surface area contributed by atoms with Crippen LogP contribution >= 0.6 is 0 Å². The van der Waals surface area contributed by atoms with Crippen molar-refractivity contribution in [1.29, 1.82) is 5.26 Å². The van der Waals surface area contributed by atoms with Crippen molar-refractivity contribution in [1.82, 2.24) is 14.8 Å². The van der Waals surface area contributed by atoms with Crippen LogP contribution in [-0.2, 0) is 6.54 Å². The van der Waals surface area contributed by atoms with Crippen LogP contribution < -0.4 is 5.32 Å². The SMILES string of the molecule is Cc1cc(NC(=O)c2ccncc2)n(CCC#N)n1. The first-order chi connectivity index (χ1) is 9.20. The normalized spacial score (nSPS) is 9.89. The Morgan fingerprint density at radius 2 is 2.21 bits per heavy atom. The molecule has 19 heavy (non-hydrogen) atoms. The zero-order valence-corrected chi connectivity index (χ0v) is 10.5. The number of pyridine rings is 1. The first-order valence-electron chi connectivity index (χ1n) is 5.83. The van der Waals surface area contributed by atoms with Crippen molar-refractivity contribution >= 4 is 11.7 Å². The Morgan fingerprint density at radius 3 is 2.89 bits per heavy atom. The van der Waals surface area contributed by atoms with Crippen LogP contribution in [0.25, 0.3) is 0 Å². The molecule has 0 unspecified atom stereocenters. The largest absolute Gasteiger partial charge is 0.307 e. The van der Waals surface area contributed by atoms with Gasteiger partial charge in [0, 0.05) is 24.0 Å². The lowest BCUT2D eigenvalue weighted by Crippen LogP contribution is -2.15. The standard InChI is InChI=1S/C13H13N5O/c1-10-9-12(18(17-10)8-2-5-14)16-13(19)11-3-6-15-7-4-11/h3-4,6-7,9H,2,8H2,1H3,(H,16,19). The molecule has 1 N–H and O–H groups in total. The Hall–Kier alpha value is -2.68. The van der Waals surface area contributed by atoms with Crippen LogP contribution in [0.5, 0.6) is 0 Å². The smallest absolute Gasteiger partial charge is 0.256 e. The van der Waals surface area contributed by atoms with Gasteiger partial charge in [-0.05, 0) is 19.1 Å². The second-order valence-electron chi connectivity index (χ2n) is 3.99. The Kier molecular flexibility index (Phi) is 3.88. The molecule has 0 spiro atoms. The highest BCUT2D eigenvalue weighted by Crippen LogP contribution is 2.12. The number of rotatable bonds is 4. The minimum Gasteiger partial charge on any atom is -0.307 e. The van der Waals surface area contributed by atoms with E-state index in [9.17, 15) is 4.79 Å². The Balaban J connectivity index is 2.15. The van der Waals surface area contributed by atoms with E-state index in [0.29, 0.717) is 24.3 Å². The first kappa shape index (κ1) is 12.8. The Morgan fingerprint density at radius 1 is 1.47 bits per heavy atom. The van der Waals surface area contributed by atoms with E-state index in [1.165, 1.54) is 0 Å². The molecule has 6 heteroatoms. The number of carbonyl (C=O) groups excluding carboxylic acids is 1. The number of amides is 1. The molecule has 0 saturated carbocycles. The summed E-state index contributed by atoms with van der Waals surface area (Å²) < 4.78 is 1.62. The third-order valence-electron chi connectivity index (χ3n) is 2.52. The number of carbonyl (C=O) groups is 1. The van der Waals surface area contributed by atoms with Crippen LogP contribution in [0.15, 0.2) is 30.6 Å². The number of nitriles is 1. The predicted octanol–water partition coefficient (Wildman–Crippen LogP) is 1.75. The molecule has 0 saturated heterocycles. The molecule has 0 aliphatic heterocycles. The van der Waals surface area contributed by atoms with Crippen molar-refractivity contribution in [3.05, 3.63) is 41.9 Å². The molecular formula is C13H13N5O. The average molecular weight is 255 g/mol. The predicted molar refractivity (Wildman–Crippen MR) is 69.4 cm³/mol. The third kappa shape index (κ3) is 3.16. The molecule has 0 aliphatic carbocycles. The molecule has 2 aromatic rings. The highest BCUT2D eigenvalue weighted by molar-refractivity contribution is 6.03. The van der Waals surface area contributed by atoms with Crippen molar-refractivity contribution in [2.24, 2.45) is 0 Å². The fourth-order valence-electron chi connectivity index (χ4n) is 1.66. The number of nitrogens with one attached hydrogen (secondary N) is 1. The van der Waals surface area contributed by atoms with Crippen LogP contribution in [0.3, 0.4) is 0 Å². The molecule has 2 rings (SSSR count). The van der Waals surface area contributed by atoms with Crippen molar-refractivity contribution in [3.63, 3.8) is 0 Å². The quantitative estimate of drug-likeness (QED) is 0.902. The van der Waals surface area contributed by atoms with E-state index in [2.05, 4.69) is 21.5 Å². The molecule has 6 nitrogen and oxygen atoms in total. The molecule has 0 radical (unpaired) electrons. The van der Waals surface area contributed by atoms with E-state index in [0.717, 1.165) is 5.69 Å². The minimum absolute atomic E-state index is 0.222. The first-order valence-corrected chi connectivity index (χ1v) is 5.83. The second-order valence-corrected chi connectivity index (χ2v) is 3.99. The summed E-state index contributed by atoms with van der Waals surface area (Å²) in [7, 11) is 0. The number of anilines is 1. The topological polar surface area (TPSA) is 83.6 Å². The number of aromatic nitrogens is 3. The number of hydrogen-bond donors (Lipinski definition) is 1. The highest BCUT2D eigenvalue weighted by atomic mass is 16.1. The van der Waals surface area contributed by atoms with Crippen molar-refractivity contribution in [3.8, 4) is 6.07 Å². The van der Waals surface area contributed by atoms with E-state index in [4.69, 9.17) is 5.26 Å². The maximum absolute atomic E-state index is 12.0. The van der Waals surface area contributed by atoms with Gasteiger partial charge in [-0.3, -0.25) is 9.78 Å². The van der Waals surface area contributed by atoms with Crippen molar-refractivity contribution in [2.75, 3.05) is 5.32 Å². The zero-order valence-electron chi connectivity index (χ0n) is 10.5. The van der Waals surface area contributed by atoms with Gasteiger partial charge < -0.3 is 5.32 Å². The van der Waals surface area contributed by atoms with Crippen LogP contribution in [0.2, 0.25) is 0 Å². The number of nitrogens with zero attached hydrogens (tertiary/aromatic N) is 4. The summed E-state index contributed by atoms with van der Waals surface area (Å²) in [6.07, 6.45) is 3.47. The molecule has 0 fully saturated rings. The van der Waals surface area contributed by atoms with Gasteiger partial charge in [-0.25, -0.2) is 4.68 Å². The molecule has 0 aromatic carbocycles. The average Bonchev–Trinajstić information content (AvgIpc) is 2.77. The van der Waals surface area contributed by atoms with Gasteiger partial charge >= 0.3 is 0 Å². The third-order valence-corrected chi connectivity index (χ3v) is 2.52. The second kappa shape index (κ2) is 5.78. The zero-order chi connectivity index (χ0) is 13.7. The summed E-state index contributed by atoms with van der Waals surface area (Å²) in [6, 6.07) is 7.10. The van der Waals surface area contributed by atoms with E-state index in [-0.39, 0.29) is 5.91 Å². The molecule has 2 aromatic heterocycles. The van der Waals surface area contributed by atoms with Crippen LogP contribution in [0, 0.1) is 18.3 Å². The van der Waals surface area contributed by atoms with Crippen LogP contribution in [0.1, 0.15) is 22.5 Å². The monoisotopic (exact) mass is 255 g/mol. The van der Waals surface area contributed by atoms with Crippen LogP contribution in [0.4, 0.5) is 5.82 Å². The molecule has 2 heterocycles. The minimum atomic E-state index is -0.222. The molecule has 0 atom stereocenters. The van der Waals surface area contributed by atoms with Gasteiger partial charge in [0.1, 0.15) is 5.82 Å². The lowest BCUT2D eigenvalue weighted by atomic mass is 10.2. The van der Waals surface area contributed by atoms with Gasteiger partial charge in [0.2, 0.25) is 0 Å².